The van der Waals surface area contributed by atoms with Gasteiger partial charge in [-0.2, -0.15) is 0 Å². The van der Waals surface area contributed by atoms with Crippen molar-refractivity contribution in [1.82, 2.24) is 0 Å². The minimum Gasteiger partial charge on any atom is -0.125 e. The lowest BCUT2D eigenvalue weighted by molar-refractivity contribution is 0.643. The fraction of sp³-hybridized carbons (Fsp3) is 0.500. The topological polar surface area (TPSA) is 0 Å². The molecule has 0 nitrogen and oxygen atoms in total. The highest BCUT2D eigenvalue weighted by atomic mass is 79.9. The molecule has 14 heavy (non-hydrogen) atoms. The number of rotatable bonds is 3. The van der Waals surface area contributed by atoms with Crippen molar-refractivity contribution in [3.63, 3.8) is 0 Å². The van der Waals surface area contributed by atoms with Gasteiger partial charge in [-0.15, -0.1) is 11.8 Å². The Kier molecular flexibility index (Phi) is 3.56. The Morgan fingerprint density at radius 2 is 2.29 bits per heavy atom. The van der Waals surface area contributed by atoms with Crippen molar-refractivity contribution < 1.29 is 0 Å². The molecule has 2 unspecified atom stereocenters. The molecule has 1 heterocycles. The predicted octanol–water partition coefficient (Wildman–Crippen LogP) is 4.44. The SMILES string of the molecule is CC(Br)CCC1CSc2ccccc21. The summed E-state index contributed by atoms with van der Waals surface area (Å²) in [5.41, 5.74) is 1.57. The maximum Gasteiger partial charge on any atom is 0.0117 e. The van der Waals surface area contributed by atoms with Gasteiger partial charge in [0.2, 0.25) is 0 Å². The van der Waals surface area contributed by atoms with Gasteiger partial charge in [0.15, 0.2) is 0 Å². The van der Waals surface area contributed by atoms with E-state index in [-0.39, 0.29) is 0 Å². The molecule has 1 aliphatic heterocycles. The summed E-state index contributed by atoms with van der Waals surface area (Å²) in [5.74, 6) is 2.06. The number of alkyl halides is 1. The molecule has 0 bridgehead atoms. The average molecular weight is 271 g/mol. The third kappa shape index (κ3) is 2.34. The van der Waals surface area contributed by atoms with Gasteiger partial charge < -0.3 is 0 Å². The lowest BCUT2D eigenvalue weighted by atomic mass is 9.96. The van der Waals surface area contributed by atoms with Gasteiger partial charge in [0.25, 0.3) is 0 Å². The Bertz CT molecular complexity index is 309. The lowest BCUT2D eigenvalue weighted by Crippen LogP contribution is -2.00. The van der Waals surface area contributed by atoms with Gasteiger partial charge >= 0.3 is 0 Å². The highest BCUT2D eigenvalue weighted by Crippen LogP contribution is 2.41. The molecule has 0 aliphatic carbocycles. The van der Waals surface area contributed by atoms with Crippen LogP contribution in [0.3, 0.4) is 0 Å². The molecule has 2 heteroatoms. The lowest BCUT2D eigenvalue weighted by Gasteiger charge is -2.11. The molecule has 1 aromatic carbocycles. The van der Waals surface area contributed by atoms with Gasteiger partial charge in [-0.3, -0.25) is 0 Å². The van der Waals surface area contributed by atoms with Crippen LogP contribution in [0.25, 0.3) is 0 Å². The van der Waals surface area contributed by atoms with Crippen LogP contribution >= 0.6 is 27.7 Å². The molecule has 0 radical (unpaired) electrons. The van der Waals surface area contributed by atoms with E-state index in [4.69, 9.17) is 0 Å². The van der Waals surface area contributed by atoms with Crippen LogP contribution in [0.1, 0.15) is 31.2 Å². The van der Waals surface area contributed by atoms with Crippen LogP contribution < -0.4 is 0 Å². The molecular weight excluding hydrogens is 256 g/mol. The van der Waals surface area contributed by atoms with E-state index in [0.29, 0.717) is 4.83 Å². The molecule has 0 saturated carbocycles. The van der Waals surface area contributed by atoms with Gasteiger partial charge in [-0.25, -0.2) is 0 Å². The van der Waals surface area contributed by atoms with Crippen LogP contribution in [0.5, 0.6) is 0 Å². The van der Waals surface area contributed by atoms with E-state index in [2.05, 4.69) is 47.1 Å². The maximum absolute atomic E-state index is 3.61. The van der Waals surface area contributed by atoms with E-state index in [1.807, 2.05) is 11.8 Å². The van der Waals surface area contributed by atoms with E-state index < -0.39 is 0 Å². The van der Waals surface area contributed by atoms with E-state index in [1.54, 1.807) is 5.56 Å². The van der Waals surface area contributed by atoms with Crippen molar-refractivity contribution >= 4 is 27.7 Å². The van der Waals surface area contributed by atoms with Gasteiger partial charge in [0.1, 0.15) is 0 Å². The number of hydrogen-bond acceptors (Lipinski definition) is 1. The fourth-order valence-corrected chi connectivity index (χ4v) is 3.47. The van der Waals surface area contributed by atoms with Gasteiger partial charge in [-0.05, 0) is 30.4 Å². The van der Waals surface area contributed by atoms with Gasteiger partial charge in [0.05, 0.1) is 0 Å². The zero-order chi connectivity index (χ0) is 9.97. The fourth-order valence-electron chi connectivity index (χ4n) is 1.90. The van der Waals surface area contributed by atoms with Crippen LogP contribution in [0.15, 0.2) is 29.2 Å². The standard InChI is InChI=1S/C12H15BrS/c1-9(13)6-7-10-8-14-12-5-3-2-4-11(10)12/h2-5,9-10H,6-8H2,1H3. The summed E-state index contributed by atoms with van der Waals surface area (Å²) >= 11 is 5.63. The van der Waals surface area contributed by atoms with Crippen LogP contribution in [0.4, 0.5) is 0 Å². The molecule has 76 valence electrons. The summed E-state index contributed by atoms with van der Waals surface area (Å²) in [6, 6.07) is 8.84. The van der Waals surface area contributed by atoms with Crippen molar-refractivity contribution in [2.75, 3.05) is 5.75 Å². The van der Waals surface area contributed by atoms with Crippen LogP contribution in [0, 0.1) is 0 Å². The summed E-state index contributed by atoms with van der Waals surface area (Å²) in [6.07, 6.45) is 2.59. The first-order valence-corrected chi connectivity index (χ1v) is 7.03. The normalized spacial score (nSPS) is 22.0. The van der Waals surface area contributed by atoms with Crippen molar-refractivity contribution in [3.8, 4) is 0 Å². The monoisotopic (exact) mass is 270 g/mol. The van der Waals surface area contributed by atoms with E-state index in [0.717, 1.165) is 5.92 Å². The zero-order valence-electron chi connectivity index (χ0n) is 8.37. The zero-order valence-corrected chi connectivity index (χ0v) is 10.8. The number of hydrogen-bond donors (Lipinski definition) is 0. The van der Waals surface area contributed by atoms with E-state index >= 15 is 0 Å². The molecule has 1 aromatic rings. The number of halogens is 1. The Labute approximate surface area is 98.6 Å². The Balaban J connectivity index is 2.03. The first kappa shape index (κ1) is 10.6. The minimum absolute atomic E-state index is 0.653. The molecule has 0 saturated heterocycles. The Morgan fingerprint density at radius 1 is 1.50 bits per heavy atom. The summed E-state index contributed by atoms with van der Waals surface area (Å²) in [6.45, 7) is 2.23. The molecule has 0 amide bonds. The smallest absolute Gasteiger partial charge is 0.0117 e. The summed E-state index contributed by atoms with van der Waals surface area (Å²) in [4.78, 5) is 2.15. The van der Waals surface area contributed by atoms with Gasteiger partial charge in [0, 0.05) is 15.5 Å². The average Bonchev–Trinajstić information content (AvgIpc) is 2.58. The maximum atomic E-state index is 3.61. The Hall–Kier alpha value is 0.0500. The molecule has 1 aliphatic rings. The van der Waals surface area contributed by atoms with Crippen molar-refractivity contribution in [1.29, 1.82) is 0 Å². The van der Waals surface area contributed by atoms with Gasteiger partial charge in [-0.1, -0.05) is 41.1 Å². The van der Waals surface area contributed by atoms with Crippen LogP contribution in [-0.2, 0) is 0 Å². The summed E-state index contributed by atoms with van der Waals surface area (Å²) in [5, 5.41) is 0. The third-order valence-electron chi connectivity index (χ3n) is 2.71. The molecule has 0 spiro atoms. The predicted molar refractivity (Wildman–Crippen MR) is 67.5 cm³/mol. The molecule has 2 rings (SSSR count). The second kappa shape index (κ2) is 4.71. The first-order chi connectivity index (χ1) is 6.77. The number of benzene rings is 1. The quantitative estimate of drug-likeness (QED) is 0.732. The van der Waals surface area contributed by atoms with Crippen molar-refractivity contribution in [3.05, 3.63) is 29.8 Å². The van der Waals surface area contributed by atoms with Crippen LogP contribution in [0.2, 0.25) is 0 Å². The summed E-state index contributed by atoms with van der Waals surface area (Å²) < 4.78 is 0. The second-order valence-electron chi connectivity index (χ2n) is 3.90. The van der Waals surface area contributed by atoms with Crippen molar-refractivity contribution in [2.45, 2.75) is 35.4 Å². The van der Waals surface area contributed by atoms with Crippen molar-refractivity contribution in [2.24, 2.45) is 0 Å². The molecule has 0 fully saturated rings. The number of thioether (sulfide) groups is 1. The molecule has 0 N–H and O–H groups in total. The third-order valence-corrected chi connectivity index (χ3v) is 4.42. The minimum atomic E-state index is 0.653. The molecular formula is C12H15BrS. The number of fused-ring (bicyclic) bond motifs is 1. The largest absolute Gasteiger partial charge is 0.125 e. The molecule has 2 atom stereocenters. The first-order valence-electron chi connectivity index (χ1n) is 5.13. The second-order valence-corrected chi connectivity index (χ2v) is 6.53. The summed E-state index contributed by atoms with van der Waals surface area (Å²) in [7, 11) is 0. The van der Waals surface area contributed by atoms with Crippen LogP contribution in [-0.4, -0.2) is 10.6 Å². The highest BCUT2D eigenvalue weighted by Gasteiger charge is 2.22. The Morgan fingerprint density at radius 3 is 3.07 bits per heavy atom. The van der Waals surface area contributed by atoms with E-state index in [1.165, 1.54) is 23.5 Å². The van der Waals surface area contributed by atoms with E-state index in [9.17, 15) is 0 Å². The molecule has 0 aromatic heterocycles. The highest BCUT2D eigenvalue weighted by molar-refractivity contribution is 9.09.